The summed E-state index contributed by atoms with van der Waals surface area (Å²) >= 11 is 0. The first-order valence-electron chi connectivity index (χ1n) is 7.59. The summed E-state index contributed by atoms with van der Waals surface area (Å²) < 4.78 is 0. The van der Waals surface area contributed by atoms with Crippen LogP contribution in [0.25, 0.3) is 0 Å². The van der Waals surface area contributed by atoms with E-state index in [1.807, 2.05) is 13.1 Å². The zero-order valence-electron chi connectivity index (χ0n) is 12.9. The molecule has 1 aliphatic carbocycles. The van der Waals surface area contributed by atoms with E-state index in [9.17, 15) is 0 Å². The van der Waals surface area contributed by atoms with Gasteiger partial charge in [-0.2, -0.15) is 5.10 Å². The lowest BCUT2D eigenvalue weighted by molar-refractivity contribution is 0.250. The van der Waals surface area contributed by atoms with Gasteiger partial charge >= 0.3 is 0 Å². The molecule has 5 nitrogen and oxygen atoms in total. The van der Waals surface area contributed by atoms with E-state index in [0.29, 0.717) is 0 Å². The first-order valence-corrected chi connectivity index (χ1v) is 7.59. The van der Waals surface area contributed by atoms with Crippen molar-refractivity contribution in [3.8, 4) is 0 Å². The highest BCUT2D eigenvalue weighted by Crippen LogP contribution is 2.28. The summed E-state index contributed by atoms with van der Waals surface area (Å²) in [5, 5.41) is 10.3. The monoisotopic (exact) mass is 277 g/mol. The van der Waals surface area contributed by atoms with Crippen LogP contribution in [0, 0.1) is 11.8 Å². The Hall–Kier alpha value is -1.52. The Morgan fingerprint density at radius 3 is 2.80 bits per heavy atom. The fourth-order valence-corrected chi connectivity index (χ4v) is 2.93. The average molecular weight is 277 g/mol. The van der Waals surface area contributed by atoms with Crippen molar-refractivity contribution in [2.75, 3.05) is 20.6 Å². The van der Waals surface area contributed by atoms with Gasteiger partial charge < -0.3 is 10.2 Å². The highest BCUT2D eigenvalue weighted by atomic mass is 15.3. The maximum atomic E-state index is 4.37. The second-order valence-electron chi connectivity index (χ2n) is 5.99. The van der Waals surface area contributed by atoms with Gasteiger partial charge in [-0.1, -0.05) is 19.8 Å². The predicted octanol–water partition coefficient (Wildman–Crippen LogP) is 2.24. The van der Waals surface area contributed by atoms with E-state index in [1.54, 1.807) is 6.20 Å². The van der Waals surface area contributed by atoms with E-state index in [4.69, 9.17) is 0 Å². The highest BCUT2D eigenvalue weighted by molar-refractivity contribution is 5.79. The first kappa shape index (κ1) is 14.9. The van der Waals surface area contributed by atoms with Gasteiger partial charge in [-0.25, -0.2) is 0 Å². The second-order valence-corrected chi connectivity index (χ2v) is 5.99. The van der Waals surface area contributed by atoms with Crippen LogP contribution in [0.15, 0.2) is 17.3 Å². The maximum Gasteiger partial charge on any atom is 0.193 e. The number of aromatic amines is 1. The van der Waals surface area contributed by atoms with E-state index in [2.05, 4.69) is 39.4 Å². The number of aromatic nitrogens is 2. The number of H-pyrrole nitrogens is 1. The lowest BCUT2D eigenvalue weighted by Crippen LogP contribution is -2.41. The number of hydrogen-bond acceptors (Lipinski definition) is 2. The fourth-order valence-electron chi connectivity index (χ4n) is 2.93. The SMILES string of the molecule is CN=C(NCc1ccn[nH]1)N(C)CC1CCC(C)CC1. The molecule has 0 aliphatic heterocycles. The van der Waals surface area contributed by atoms with Crippen LogP contribution in [0.4, 0.5) is 0 Å². The zero-order valence-corrected chi connectivity index (χ0v) is 12.9. The summed E-state index contributed by atoms with van der Waals surface area (Å²) in [4.78, 5) is 6.61. The highest BCUT2D eigenvalue weighted by Gasteiger charge is 2.20. The van der Waals surface area contributed by atoms with Crippen LogP contribution in [0.2, 0.25) is 0 Å². The Labute approximate surface area is 121 Å². The minimum Gasteiger partial charge on any atom is -0.351 e. The van der Waals surface area contributed by atoms with Crippen LogP contribution < -0.4 is 5.32 Å². The van der Waals surface area contributed by atoms with Crippen LogP contribution in [0.3, 0.4) is 0 Å². The van der Waals surface area contributed by atoms with Crippen LogP contribution in [0.1, 0.15) is 38.3 Å². The molecule has 0 saturated heterocycles. The van der Waals surface area contributed by atoms with Gasteiger partial charge in [-0.05, 0) is 30.7 Å². The van der Waals surface area contributed by atoms with Gasteiger partial charge in [-0.15, -0.1) is 0 Å². The largest absolute Gasteiger partial charge is 0.351 e. The van der Waals surface area contributed by atoms with Gasteiger partial charge in [0.25, 0.3) is 0 Å². The summed E-state index contributed by atoms with van der Waals surface area (Å²) in [5.74, 6) is 2.68. The van der Waals surface area contributed by atoms with Gasteiger partial charge in [-0.3, -0.25) is 10.1 Å². The minimum absolute atomic E-state index is 0.735. The second kappa shape index (κ2) is 7.31. The smallest absolute Gasteiger partial charge is 0.193 e. The summed E-state index contributed by atoms with van der Waals surface area (Å²) in [6.07, 6.45) is 7.22. The van der Waals surface area contributed by atoms with Crippen LogP contribution in [0.5, 0.6) is 0 Å². The number of hydrogen-bond donors (Lipinski definition) is 2. The van der Waals surface area contributed by atoms with E-state index in [1.165, 1.54) is 25.7 Å². The summed E-state index contributed by atoms with van der Waals surface area (Å²) in [6, 6.07) is 1.98. The third-order valence-corrected chi connectivity index (χ3v) is 4.24. The van der Waals surface area contributed by atoms with Gasteiger partial charge in [0.2, 0.25) is 0 Å². The number of nitrogens with zero attached hydrogens (tertiary/aromatic N) is 3. The normalized spacial score (nSPS) is 23.6. The van der Waals surface area contributed by atoms with E-state index in [-0.39, 0.29) is 0 Å². The topological polar surface area (TPSA) is 56.3 Å². The van der Waals surface area contributed by atoms with Gasteiger partial charge in [0.15, 0.2) is 5.96 Å². The molecule has 0 radical (unpaired) electrons. The molecule has 112 valence electrons. The van der Waals surface area contributed by atoms with Crippen molar-refractivity contribution in [3.05, 3.63) is 18.0 Å². The molecule has 5 heteroatoms. The molecule has 0 unspecified atom stereocenters. The van der Waals surface area contributed by atoms with E-state index in [0.717, 1.165) is 36.6 Å². The van der Waals surface area contributed by atoms with Gasteiger partial charge in [0, 0.05) is 26.8 Å². The van der Waals surface area contributed by atoms with Gasteiger partial charge in [0.05, 0.1) is 12.2 Å². The van der Waals surface area contributed by atoms with Crippen LogP contribution in [-0.2, 0) is 6.54 Å². The summed E-state index contributed by atoms with van der Waals surface area (Å²) in [7, 11) is 3.97. The number of nitrogens with one attached hydrogen (secondary N) is 2. The van der Waals surface area contributed by atoms with Crippen LogP contribution >= 0.6 is 0 Å². The zero-order chi connectivity index (χ0) is 14.4. The Morgan fingerprint density at radius 2 is 2.20 bits per heavy atom. The Kier molecular flexibility index (Phi) is 5.44. The first-order chi connectivity index (χ1) is 9.69. The molecule has 1 aromatic rings. The third-order valence-electron chi connectivity index (χ3n) is 4.24. The number of guanidine groups is 1. The average Bonchev–Trinajstić information content (AvgIpc) is 2.95. The molecule has 2 N–H and O–H groups in total. The molecule has 0 bridgehead atoms. The lowest BCUT2D eigenvalue weighted by atomic mass is 9.83. The van der Waals surface area contributed by atoms with Crippen molar-refractivity contribution in [2.24, 2.45) is 16.8 Å². The van der Waals surface area contributed by atoms with E-state index < -0.39 is 0 Å². The quantitative estimate of drug-likeness (QED) is 0.655. The van der Waals surface area contributed by atoms with Gasteiger partial charge in [0.1, 0.15) is 0 Å². The van der Waals surface area contributed by atoms with Crippen molar-refractivity contribution in [1.82, 2.24) is 20.4 Å². The number of rotatable bonds is 4. The molecule has 1 aromatic heterocycles. The molecule has 0 spiro atoms. The Balaban J connectivity index is 1.78. The maximum absolute atomic E-state index is 4.37. The Morgan fingerprint density at radius 1 is 1.45 bits per heavy atom. The molecule has 1 saturated carbocycles. The van der Waals surface area contributed by atoms with Crippen molar-refractivity contribution >= 4 is 5.96 Å². The minimum atomic E-state index is 0.735. The molecule has 1 fully saturated rings. The molecule has 2 rings (SSSR count). The Bertz CT molecular complexity index is 404. The fraction of sp³-hybridized carbons (Fsp3) is 0.733. The standard InChI is InChI=1S/C15H27N5/c1-12-4-6-13(7-5-12)11-20(3)15(16-2)17-10-14-8-9-18-19-14/h8-9,12-13H,4-7,10-11H2,1-3H3,(H,16,17)(H,18,19). The van der Waals surface area contributed by atoms with E-state index >= 15 is 0 Å². The molecule has 0 atom stereocenters. The summed E-state index contributed by atoms with van der Waals surface area (Å²) in [6.45, 7) is 4.19. The lowest BCUT2D eigenvalue weighted by Gasteiger charge is -2.31. The molecule has 1 aliphatic rings. The van der Waals surface area contributed by atoms with Crippen molar-refractivity contribution < 1.29 is 0 Å². The predicted molar refractivity (Wildman–Crippen MR) is 82.5 cm³/mol. The van der Waals surface area contributed by atoms with Crippen LogP contribution in [-0.4, -0.2) is 41.7 Å². The van der Waals surface area contributed by atoms with Crippen molar-refractivity contribution in [2.45, 2.75) is 39.2 Å². The van der Waals surface area contributed by atoms with Crippen molar-refractivity contribution in [3.63, 3.8) is 0 Å². The molecule has 0 aromatic carbocycles. The molecule has 0 amide bonds. The molecule has 20 heavy (non-hydrogen) atoms. The number of aliphatic imine (C=N–C) groups is 1. The van der Waals surface area contributed by atoms with Crippen molar-refractivity contribution in [1.29, 1.82) is 0 Å². The summed E-state index contributed by atoms with van der Waals surface area (Å²) in [5.41, 5.74) is 1.08. The molecular weight excluding hydrogens is 250 g/mol. The molecular formula is C15H27N5. The molecule has 1 heterocycles. The third kappa shape index (κ3) is 4.25.